The first kappa shape index (κ1) is 13.7. The van der Waals surface area contributed by atoms with Crippen LogP contribution < -0.4 is 14.8 Å². The smallest absolute Gasteiger partial charge is 0.124 e. The Bertz CT molecular complexity index is 460. The predicted molar refractivity (Wildman–Crippen MR) is 80.2 cm³/mol. The van der Waals surface area contributed by atoms with Crippen LogP contribution in [0.3, 0.4) is 0 Å². The van der Waals surface area contributed by atoms with Crippen LogP contribution in [0.1, 0.15) is 31.2 Å². The number of fused-ring (bicyclic) bond motifs is 2. The first-order valence-electron chi connectivity index (χ1n) is 7.74. The highest BCUT2D eigenvalue weighted by molar-refractivity contribution is 5.40. The van der Waals surface area contributed by atoms with Gasteiger partial charge >= 0.3 is 0 Å². The fraction of sp³-hybridized carbons (Fsp3) is 0.647. The van der Waals surface area contributed by atoms with E-state index < -0.39 is 0 Å². The SMILES string of the molecule is CNCc1cc(OC)ccc1OCC1CC2CCC1C2. The number of ether oxygens (including phenoxy) is 2. The summed E-state index contributed by atoms with van der Waals surface area (Å²) in [6, 6.07) is 6.08. The van der Waals surface area contributed by atoms with Crippen molar-refractivity contribution in [3.8, 4) is 11.5 Å². The molecule has 2 aliphatic rings. The van der Waals surface area contributed by atoms with Crippen molar-refractivity contribution in [3.05, 3.63) is 23.8 Å². The Morgan fingerprint density at radius 1 is 1.25 bits per heavy atom. The van der Waals surface area contributed by atoms with Gasteiger partial charge < -0.3 is 14.8 Å². The van der Waals surface area contributed by atoms with Crippen molar-refractivity contribution >= 4 is 0 Å². The lowest BCUT2D eigenvalue weighted by Gasteiger charge is -2.22. The van der Waals surface area contributed by atoms with Crippen molar-refractivity contribution in [2.75, 3.05) is 20.8 Å². The summed E-state index contributed by atoms with van der Waals surface area (Å²) in [7, 11) is 3.66. The van der Waals surface area contributed by atoms with Crippen LogP contribution in [0.2, 0.25) is 0 Å². The molecule has 1 N–H and O–H groups in total. The standard InChI is InChI=1S/C17H25NO2/c1-18-10-14-9-16(19-2)5-6-17(14)20-11-15-8-12-3-4-13(15)7-12/h5-6,9,12-13,15,18H,3-4,7-8,10-11H2,1-2H3. The van der Waals surface area contributed by atoms with Gasteiger partial charge in [0.05, 0.1) is 13.7 Å². The normalized spacial score (nSPS) is 27.8. The van der Waals surface area contributed by atoms with Crippen molar-refractivity contribution in [3.63, 3.8) is 0 Å². The minimum Gasteiger partial charge on any atom is -0.497 e. The number of benzene rings is 1. The van der Waals surface area contributed by atoms with Crippen molar-refractivity contribution < 1.29 is 9.47 Å². The molecule has 0 aliphatic heterocycles. The summed E-state index contributed by atoms with van der Waals surface area (Å²) in [5, 5.41) is 3.20. The van der Waals surface area contributed by atoms with Crippen LogP contribution in [0.25, 0.3) is 0 Å². The van der Waals surface area contributed by atoms with E-state index in [9.17, 15) is 0 Å². The lowest BCUT2D eigenvalue weighted by molar-refractivity contribution is 0.193. The third-order valence-corrected chi connectivity index (χ3v) is 4.97. The van der Waals surface area contributed by atoms with E-state index in [2.05, 4.69) is 11.4 Å². The summed E-state index contributed by atoms with van der Waals surface area (Å²) >= 11 is 0. The highest BCUT2D eigenvalue weighted by atomic mass is 16.5. The van der Waals surface area contributed by atoms with Crippen LogP contribution in [0.5, 0.6) is 11.5 Å². The van der Waals surface area contributed by atoms with E-state index >= 15 is 0 Å². The zero-order valence-electron chi connectivity index (χ0n) is 12.5. The molecule has 2 aliphatic carbocycles. The van der Waals surface area contributed by atoms with Crippen LogP contribution in [0.15, 0.2) is 18.2 Å². The molecule has 3 rings (SSSR count). The van der Waals surface area contributed by atoms with Gasteiger partial charge in [0.2, 0.25) is 0 Å². The van der Waals surface area contributed by atoms with Gasteiger partial charge in [-0.05, 0) is 62.3 Å². The number of hydrogen-bond donors (Lipinski definition) is 1. The van der Waals surface area contributed by atoms with E-state index in [1.54, 1.807) is 7.11 Å². The molecule has 2 bridgehead atoms. The molecule has 0 saturated heterocycles. The van der Waals surface area contributed by atoms with Gasteiger partial charge in [-0.3, -0.25) is 0 Å². The zero-order valence-corrected chi connectivity index (χ0v) is 12.5. The highest BCUT2D eigenvalue weighted by Crippen LogP contribution is 2.48. The van der Waals surface area contributed by atoms with Gasteiger partial charge in [-0.15, -0.1) is 0 Å². The molecule has 0 aromatic heterocycles. The molecule has 1 aromatic carbocycles. The quantitative estimate of drug-likeness (QED) is 0.864. The molecule has 0 spiro atoms. The van der Waals surface area contributed by atoms with Crippen molar-refractivity contribution in [1.29, 1.82) is 0 Å². The molecule has 2 fully saturated rings. The Kier molecular flexibility index (Phi) is 4.16. The van der Waals surface area contributed by atoms with E-state index in [4.69, 9.17) is 9.47 Å². The van der Waals surface area contributed by atoms with Gasteiger partial charge in [-0.25, -0.2) is 0 Å². The van der Waals surface area contributed by atoms with E-state index in [1.165, 1.54) is 31.2 Å². The Balaban J connectivity index is 1.64. The molecular weight excluding hydrogens is 250 g/mol. The summed E-state index contributed by atoms with van der Waals surface area (Å²) in [4.78, 5) is 0. The molecule has 3 atom stereocenters. The van der Waals surface area contributed by atoms with Crippen LogP contribution in [0.4, 0.5) is 0 Å². The van der Waals surface area contributed by atoms with Gasteiger partial charge in [0, 0.05) is 12.1 Å². The molecule has 0 heterocycles. The van der Waals surface area contributed by atoms with E-state index in [0.29, 0.717) is 0 Å². The Labute approximate surface area is 121 Å². The average molecular weight is 275 g/mol. The zero-order chi connectivity index (χ0) is 13.9. The van der Waals surface area contributed by atoms with Crippen LogP contribution in [-0.4, -0.2) is 20.8 Å². The number of hydrogen-bond acceptors (Lipinski definition) is 3. The molecule has 20 heavy (non-hydrogen) atoms. The Hall–Kier alpha value is -1.22. The summed E-state index contributed by atoms with van der Waals surface area (Å²) in [5.74, 6) is 4.58. The van der Waals surface area contributed by atoms with Gasteiger partial charge in [0.15, 0.2) is 0 Å². The molecule has 1 aromatic rings. The largest absolute Gasteiger partial charge is 0.497 e. The Morgan fingerprint density at radius 3 is 2.80 bits per heavy atom. The highest BCUT2D eigenvalue weighted by Gasteiger charge is 2.39. The molecule has 3 nitrogen and oxygen atoms in total. The molecule has 3 heteroatoms. The van der Waals surface area contributed by atoms with E-state index in [1.807, 2.05) is 19.2 Å². The minimum atomic E-state index is 0.776. The second-order valence-electron chi connectivity index (χ2n) is 6.25. The van der Waals surface area contributed by atoms with Gasteiger partial charge in [0.1, 0.15) is 11.5 Å². The second kappa shape index (κ2) is 6.04. The monoisotopic (exact) mass is 275 g/mol. The molecule has 2 saturated carbocycles. The van der Waals surface area contributed by atoms with Crippen molar-refractivity contribution in [2.24, 2.45) is 17.8 Å². The number of rotatable bonds is 6. The van der Waals surface area contributed by atoms with Crippen LogP contribution >= 0.6 is 0 Å². The first-order valence-corrected chi connectivity index (χ1v) is 7.74. The average Bonchev–Trinajstić information content (AvgIpc) is 3.08. The summed E-state index contributed by atoms with van der Waals surface area (Å²) < 4.78 is 11.4. The maximum atomic E-state index is 6.13. The molecule has 3 unspecified atom stereocenters. The molecular formula is C17H25NO2. The van der Waals surface area contributed by atoms with E-state index in [0.717, 1.165) is 42.4 Å². The van der Waals surface area contributed by atoms with E-state index in [-0.39, 0.29) is 0 Å². The second-order valence-corrected chi connectivity index (χ2v) is 6.25. The fourth-order valence-electron chi connectivity index (χ4n) is 3.93. The lowest BCUT2D eigenvalue weighted by atomic mass is 9.89. The predicted octanol–water partition coefficient (Wildman–Crippen LogP) is 3.23. The maximum Gasteiger partial charge on any atom is 0.124 e. The number of methoxy groups -OCH3 is 1. The lowest BCUT2D eigenvalue weighted by Crippen LogP contribution is -2.19. The van der Waals surface area contributed by atoms with Crippen LogP contribution in [-0.2, 0) is 6.54 Å². The first-order chi connectivity index (χ1) is 9.80. The fourth-order valence-corrected chi connectivity index (χ4v) is 3.93. The summed E-state index contributed by atoms with van der Waals surface area (Å²) in [6.45, 7) is 1.69. The molecule has 0 radical (unpaired) electrons. The third kappa shape index (κ3) is 2.78. The summed E-state index contributed by atoms with van der Waals surface area (Å²) in [6.07, 6.45) is 5.70. The molecule has 0 amide bonds. The maximum absolute atomic E-state index is 6.13. The van der Waals surface area contributed by atoms with Crippen molar-refractivity contribution in [1.82, 2.24) is 5.32 Å². The minimum absolute atomic E-state index is 0.776. The molecule has 110 valence electrons. The Morgan fingerprint density at radius 2 is 2.15 bits per heavy atom. The van der Waals surface area contributed by atoms with Gasteiger partial charge in [0.25, 0.3) is 0 Å². The number of nitrogens with one attached hydrogen (secondary N) is 1. The van der Waals surface area contributed by atoms with Crippen LogP contribution in [0, 0.1) is 17.8 Å². The van der Waals surface area contributed by atoms with Crippen molar-refractivity contribution in [2.45, 2.75) is 32.2 Å². The topological polar surface area (TPSA) is 30.5 Å². The third-order valence-electron chi connectivity index (χ3n) is 4.97. The van der Waals surface area contributed by atoms with Gasteiger partial charge in [-0.2, -0.15) is 0 Å². The van der Waals surface area contributed by atoms with Gasteiger partial charge in [-0.1, -0.05) is 6.42 Å². The summed E-state index contributed by atoms with van der Waals surface area (Å²) in [5.41, 5.74) is 1.18.